The van der Waals surface area contributed by atoms with Crippen molar-refractivity contribution < 1.29 is 18.0 Å². The number of carbonyl (C=O) groups is 2. The lowest BCUT2D eigenvalue weighted by atomic mass is 9.97. The molecular weight excluding hydrogens is 378 g/mol. The van der Waals surface area contributed by atoms with Gasteiger partial charge in [-0.2, -0.15) is 0 Å². The number of rotatable bonds is 4. The molecule has 2 heterocycles. The van der Waals surface area contributed by atoms with Crippen molar-refractivity contribution in [1.82, 2.24) is 0 Å². The Labute approximate surface area is 163 Å². The lowest BCUT2D eigenvalue weighted by molar-refractivity contribution is -0.119. The summed E-state index contributed by atoms with van der Waals surface area (Å²) in [4.78, 5) is 25.6. The van der Waals surface area contributed by atoms with Gasteiger partial charge in [-0.3, -0.25) is 14.3 Å². The number of hydrogen-bond acceptors (Lipinski definition) is 4. The predicted molar refractivity (Wildman–Crippen MR) is 107 cm³/mol. The molecule has 8 heteroatoms. The van der Waals surface area contributed by atoms with E-state index in [1.165, 1.54) is 6.92 Å². The quantitative estimate of drug-likeness (QED) is 0.826. The van der Waals surface area contributed by atoms with Crippen molar-refractivity contribution in [1.29, 1.82) is 0 Å². The maximum Gasteiger partial charge on any atom is 0.261 e. The number of carbonyl (C=O) groups excluding carboxylic acids is 2. The number of nitrogens with one attached hydrogen (secondary N) is 2. The average molecular weight is 399 g/mol. The highest BCUT2D eigenvalue weighted by Gasteiger charge is 2.38. The first kappa shape index (κ1) is 18.5. The zero-order valence-corrected chi connectivity index (χ0v) is 16.5. The number of sulfonamides is 1. The second-order valence-corrected chi connectivity index (χ2v) is 8.89. The third-order valence-electron chi connectivity index (χ3n) is 5.14. The van der Waals surface area contributed by atoms with Crippen LogP contribution in [0.25, 0.3) is 0 Å². The van der Waals surface area contributed by atoms with Crippen LogP contribution in [0.5, 0.6) is 0 Å². The van der Waals surface area contributed by atoms with Crippen molar-refractivity contribution in [2.45, 2.75) is 37.5 Å². The number of nitrogens with zero attached hydrogens (tertiary/aromatic N) is 1. The van der Waals surface area contributed by atoms with Gasteiger partial charge in [-0.15, -0.1) is 0 Å². The van der Waals surface area contributed by atoms with Gasteiger partial charge in [0.05, 0.1) is 22.2 Å². The molecule has 1 atom stereocenters. The third-order valence-corrected chi connectivity index (χ3v) is 6.50. The van der Waals surface area contributed by atoms with Crippen molar-refractivity contribution in [3.05, 3.63) is 47.5 Å². The minimum atomic E-state index is -3.84. The Hall–Kier alpha value is -2.87. The Balaban J connectivity index is 1.70. The minimum absolute atomic E-state index is 0.0291. The van der Waals surface area contributed by atoms with E-state index < -0.39 is 10.0 Å². The van der Waals surface area contributed by atoms with Gasteiger partial charge in [0.2, 0.25) is 11.8 Å². The zero-order chi connectivity index (χ0) is 20.1. The molecule has 0 aromatic heterocycles. The van der Waals surface area contributed by atoms with Crippen LogP contribution < -0.4 is 14.9 Å². The van der Waals surface area contributed by atoms with Crippen LogP contribution >= 0.6 is 0 Å². The Morgan fingerprint density at radius 2 is 1.93 bits per heavy atom. The first-order valence-corrected chi connectivity index (χ1v) is 10.6. The van der Waals surface area contributed by atoms with E-state index in [2.05, 4.69) is 10.0 Å². The maximum absolute atomic E-state index is 13.0. The van der Waals surface area contributed by atoms with Crippen LogP contribution in [0.2, 0.25) is 0 Å². The van der Waals surface area contributed by atoms with Crippen LogP contribution in [0.15, 0.2) is 41.3 Å². The highest BCUT2D eigenvalue weighted by Crippen LogP contribution is 2.44. The van der Waals surface area contributed by atoms with Crippen LogP contribution in [0, 0.1) is 0 Å². The summed E-state index contributed by atoms with van der Waals surface area (Å²) in [6, 6.07) is 9.79. The molecule has 0 bridgehead atoms. The standard InChI is InChI=1S/C20H21N3O4S/c1-12-18-11-17(9-14-5-4-8-23(19(14)18)20(12)25)28(26,27)22-16-7-3-6-15(10-16)21-13(2)24/h3,6-7,9-12,22H,4-5,8H2,1-2H3,(H,21,24)/t12-/m1/s1. The smallest absolute Gasteiger partial charge is 0.261 e. The van der Waals surface area contributed by atoms with Gasteiger partial charge >= 0.3 is 0 Å². The first-order chi connectivity index (χ1) is 13.3. The largest absolute Gasteiger partial charge is 0.326 e. The molecule has 2 aliphatic heterocycles. The summed E-state index contributed by atoms with van der Waals surface area (Å²) in [5.41, 5.74) is 3.41. The molecule has 2 aromatic carbocycles. The van der Waals surface area contributed by atoms with E-state index >= 15 is 0 Å². The predicted octanol–water partition coefficient (Wildman–Crippen LogP) is 2.84. The van der Waals surface area contributed by atoms with Gasteiger partial charge in [0.25, 0.3) is 10.0 Å². The normalized spacial score (nSPS) is 18.0. The molecule has 28 heavy (non-hydrogen) atoms. The fourth-order valence-corrected chi connectivity index (χ4v) is 5.03. The fraction of sp³-hybridized carbons (Fsp3) is 0.300. The maximum atomic E-state index is 13.0. The summed E-state index contributed by atoms with van der Waals surface area (Å²) in [7, 11) is -3.84. The molecule has 7 nitrogen and oxygen atoms in total. The van der Waals surface area contributed by atoms with Crippen LogP contribution in [0.3, 0.4) is 0 Å². The summed E-state index contributed by atoms with van der Waals surface area (Å²) >= 11 is 0. The van der Waals surface area contributed by atoms with Crippen LogP contribution in [-0.4, -0.2) is 26.8 Å². The molecule has 2 N–H and O–H groups in total. The molecule has 2 amide bonds. The third kappa shape index (κ3) is 3.13. The van der Waals surface area contributed by atoms with Crippen LogP contribution in [-0.2, 0) is 26.0 Å². The molecule has 0 saturated heterocycles. The van der Waals surface area contributed by atoms with Gasteiger partial charge in [-0.05, 0) is 61.2 Å². The Kier molecular flexibility index (Phi) is 4.38. The molecule has 0 spiro atoms. The van der Waals surface area contributed by atoms with Crippen molar-refractivity contribution >= 4 is 38.9 Å². The van der Waals surface area contributed by atoms with E-state index in [-0.39, 0.29) is 22.6 Å². The highest BCUT2D eigenvalue weighted by molar-refractivity contribution is 7.92. The van der Waals surface area contributed by atoms with Crippen molar-refractivity contribution in [2.24, 2.45) is 0 Å². The summed E-state index contributed by atoms with van der Waals surface area (Å²) in [5.74, 6) is -0.549. The number of anilines is 3. The molecule has 0 radical (unpaired) electrons. The lowest BCUT2D eigenvalue weighted by Gasteiger charge is -2.26. The number of aryl methyl sites for hydroxylation is 1. The Morgan fingerprint density at radius 1 is 1.18 bits per heavy atom. The molecular formula is C20H21N3O4S. The van der Waals surface area contributed by atoms with E-state index in [0.29, 0.717) is 17.9 Å². The Bertz CT molecular complexity index is 1090. The molecule has 4 rings (SSSR count). The molecule has 146 valence electrons. The van der Waals surface area contributed by atoms with Crippen LogP contribution in [0.4, 0.5) is 17.1 Å². The second kappa shape index (κ2) is 6.63. The van der Waals surface area contributed by atoms with Crippen LogP contribution in [0.1, 0.15) is 37.3 Å². The van der Waals surface area contributed by atoms with E-state index in [1.54, 1.807) is 41.3 Å². The minimum Gasteiger partial charge on any atom is -0.326 e. The molecule has 0 unspecified atom stereocenters. The Morgan fingerprint density at radius 3 is 2.68 bits per heavy atom. The van der Waals surface area contributed by atoms with Crippen molar-refractivity contribution in [3.8, 4) is 0 Å². The van der Waals surface area contributed by atoms with Gasteiger partial charge in [0.1, 0.15) is 0 Å². The topological polar surface area (TPSA) is 95.6 Å². The SMILES string of the molecule is CC(=O)Nc1cccc(NS(=O)(=O)c2cc3c4c(c2)[C@@H](C)C(=O)N4CCC3)c1. The average Bonchev–Trinajstić information content (AvgIpc) is 2.88. The fourth-order valence-electron chi connectivity index (χ4n) is 3.90. The van der Waals surface area contributed by atoms with E-state index in [9.17, 15) is 18.0 Å². The number of benzene rings is 2. The summed E-state index contributed by atoms with van der Waals surface area (Å²) in [5, 5.41) is 2.63. The van der Waals surface area contributed by atoms with E-state index in [4.69, 9.17) is 0 Å². The van der Waals surface area contributed by atoms with Crippen molar-refractivity contribution in [3.63, 3.8) is 0 Å². The summed E-state index contributed by atoms with van der Waals surface area (Å²) < 4.78 is 28.6. The lowest BCUT2D eigenvalue weighted by Crippen LogP contribution is -2.32. The van der Waals surface area contributed by atoms with Crippen molar-refractivity contribution in [2.75, 3.05) is 21.5 Å². The number of amides is 2. The monoisotopic (exact) mass is 399 g/mol. The van der Waals surface area contributed by atoms with E-state index in [1.807, 2.05) is 6.92 Å². The van der Waals surface area contributed by atoms with Gasteiger partial charge in [0.15, 0.2) is 0 Å². The van der Waals surface area contributed by atoms with Gasteiger partial charge < -0.3 is 10.2 Å². The molecule has 0 saturated carbocycles. The highest BCUT2D eigenvalue weighted by atomic mass is 32.2. The van der Waals surface area contributed by atoms with E-state index in [0.717, 1.165) is 29.7 Å². The zero-order valence-electron chi connectivity index (χ0n) is 15.7. The summed E-state index contributed by atoms with van der Waals surface area (Å²) in [6.45, 7) is 3.89. The molecule has 0 aliphatic carbocycles. The van der Waals surface area contributed by atoms with Gasteiger partial charge in [0, 0.05) is 19.2 Å². The van der Waals surface area contributed by atoms with Gasteiger partial charge in [-0.25, -0.2) is 8.42 Å². The second-order valence-electron chi connectivity index (χ2n) is 7.20. The molecule has 0 fully saturated rings. The number of hydrogen-bond donors (Lipinski definition) is 2. The molecule has 2 aromatic rings. The van der Waals surface area contributed by atoms with Gasteiger partial charge in [-0.1, -0.05) is 6.07 Å². The molecule has 2 aliphatic rings. The first-order valence-electron chi connectivity index (χ1n) is 9.15. The summed E-state index contributed by atoms with van der Waals surface area (Å²) in [6.07, 6.45) is 1.57.